The summed E-state index contributed by atoms with van der Waals surface area (Å²) in [6.07, 6.45) is 2.34. The Morgan fingerprint density at radius 2 is 2.29 bits per heavy atom. The van der Waals surface area contributed by atoms with Crippen LogP contribution in [0.5, 0.6) is 0 Å². The molecule has 0 saturated heterocycles. The van der Waals surface area contributed by atoms with Crippen LogP contribution in [0, 0.1) is 6.92 Å². The number of carboxylic acid groups (broad SMARTS) is 1. The van der Waals surface area contributed by atoms with Crippen LogP contribution in [0.3, 0.4) is 0 Å². The van der Waals surface area contributed by atoms with Gasteiger partial charge in [0.2, 0.25) is 5.03 Å². The smallest absolute Gasteiger partial charge is 0.340 e. The van der Waals surface area contributed by atoms with Crippen LogP contribution >= 0.6 is 0 Å². The zero-order valence-electron chi connectivity index (χ0n) is 11.8. The summed E-state index contributed by atoms with van der Waals surface area (Å²) in [4.78, 5) is 11.2. The van der Waals surface area contributed by atoms with E-state index in [-0.39, 0.29) is 24.3 Å². The first-order valence-electron chi connectivity index (χ1n) is 6.33. The van der Waals surface area contributed by atoms with Gasteiger partial charge in [-0.1, -0.05) is 6.08 Å². The van der Waals surface area contributed by atoms with E-state index in [1.807, 2.05) is 0 Å². The number of nitrogens with one attached hydrogen (secondary N) is 1. The van der Waals surface area contributed by atoms with Gasteiger partial charge in [-0.05, 0) is 18.9 Å². The molecular weight excluding hydrogens is 298 g/mol. The lowest BCUT2D eigenvalue weighted by atomic mass is 10.1. The number of aromatic nitrogens is 2. The third kappa shape index (κ3) is 2.99. The summed E-state index contributed by atoms with van der Waals surface area (Å²) in [6.45, 7) is 2.41. The number of hydrogen-bond acceptors (Lipinski definition) is 5. The zero-order chi connectivity index (χ0) is 15.6. The van der Waals surface area contributed by atoms with Crippen LogP contribution in [0.4, 0.5) is 0 Å². The van der Waals surface area contributed by atoms with E-state index in [4.69, 9.17) is 9.84 Å². The molecule has 0 spiro atoms. The van der Waals surface area contributed by atoms with E-state index in [0.29, 0.717) is 13.0 Å². The van der Waals surface area contributed by atoms with Crippen molar-refractivity contribution in [2.24, 2.45) is 0 Å². The van der Waals surface area contributed by atoms with Gasteiger partial charge in [0, 0.05) is 25.9 Å². The molecule has 1 aromatic heterocycles. The minimum Gasteiger partial charge on any atom is -0.478 e. The number of H-pyrrole nitrogens is 1. The quantitative estimate of drug-likeness (QED) is 0.760. The van der Waals surface area contributed by atoms with Crippen LogP contribution in [0.1, 0.15) is 22.5 Å². The van der Waals surface area contributed by atoms with Crippen LogP contribution in [0.15, 0.2) is 16.7 Å². The highest BCUT2D eigenvalue weighted by molar-refractivity contribution is 7.89. The molecule has 0 bridgehead atoms. The van der Waals surface area contributed by atoms with E-state index in [2.05, 4.69) is 10.2 Å². The van der Waals surface area contributed by atoms with Crippen molar-refractivity contribution < 1.29 is 23.1 Å². The van der Waals surface area contributed by atoms with Crippen LogP contribution in [0.2, 0.25) is 0 Å². The minimum atomic E-state index is -3.93. The van der Waals surface area contributed by atoms with E-state index in [0.717, 1.165) is 5.57 Å². The number of rotatable bonds is 5. The maximum atomic E-state index is 12.5. The Morgan fingerprint density at radius 3 is 2.81 bits per heavy atom. The van der Waals surface area contributed by atoms with Crippen molar-refractivity contribution in [2.45, 2.75) is 18.4 Å². The third-order valence-corrected chi connectivity index (χ3v) is 5.10. The molecule has 8 nitrogen and oxygen atoms in total. The number of nitrogens with zero attached hydrogens (tertiary/aromatic N) is 2. The largest absolute Gasteiger partial charge is 0.478 e. The van der Waals surface area contributed by atoms with Crippen molar-refractivity contribution in [3.8, 4) is 0 Å². The van der Waals surface area contributed by atoms with Crippen LogP contribution in [-0.2, 0) is 14.8 Å². The van der Waals surface area contributed by atoms with Crippen molar-refractivity contribution in [1.29, 1.82) is 0 Å². The maximum absolute atomic E-state index is 12.5. The third-order valence-electron chi connectivity index (χ3n) is 3.31. The monoisotopic (exact) mass is 315 g/mol. The summed E-state index contributed by atoms with van der Waals surface area (Å²) >= 11 is 0. The van der Waals surface area contributed by atoms with E-state index in [1.165, 1.54) is 11.2 Å². The SMILES string of the molecule is COCC1=CCN(S(=O)(=O)c2n[nH]c(C)c2C(=O)O)CC1. The lowest BCUT2D eigenvalue weighted by molar-refractivity contribution is 0.0691. The molecule has 2 rings (SSSR count). The molecule has 0 aliphatic carbocycles. The molecule has 0 fully saturated rings. The highest BCUT2D eigenvalue weighted by Gasteiger charge is 2.33. The Labute approximate surface area is 122 Å². The van der Waals surface area contributed by atoms with Crippen molar-refractivity contribution >= 4 is 16.0 Å². The first kappa shape index (κ1) is 15.7. The number of carboxylic acids is 1. The van der Waals surface area contributed by atoms with Crippen molar-refractivity contribution in [3.05, 3.63) is 22.9 Å². The van der Waals surface area contributed by atoms with Gasteiger partial charge >= 0.3 is 5.97 Å². The molecule has 0 radical (unpaired) electrons. The van der Waals surface area contributed by atoms with Crippen molar-refractivity contribution in [2.75, 3.05) is 26.8 Å². The van der Waals surface area contributed by atoms with E-state index < -0.39 is 21.0 Å². The maximum Gasteiger partial charge on any atom is 0.340 e. The number of carbonyl (C=O) groups is 1. The normalized spacial score (nSPS) is 16.8. The van der Waals surface area contributed by atoms with Gasteiger partial charge in [-0.25, -0.2) is 13.2 Å². The second-order valence-electron chi connectivity index (χ2n) is 4.74. The average Bonchev–Trinajstić information content (AvgIpc) is 2.82. The molecule has 9 heteroatoms. The van der Waals surface area contributed by atoms with Crippen molar-refractivity contribution in [3.63, 3.8) is 0 Å². The molecule has 0 aromatic carbocycles. The molecule has 0 atom stereocenters. The van der Waals surface area contributed by atoms with E-state index >= 15 is 0 Å². The Hall–Kier alpha value is -1.71. The van der Waals surface area contributed by atoms with Crippen LogP contribution in [0.25, 0.3) is 0 Å². The summed E-state index contributed by atoms with van der Waals surface area (Å²) in [5, 5.41) is 14.8. The van der Waals surface area contributed by atoms with Gasteiger partial charge < -0.3 is 9.84 Å². The topological polar surface area (TPSA) is 113 Å². The molecule has 1 aliphatic rings. The number of ether oxygens (including phenoxy) is 1. The Balaban J connectivity index is 2.30. The van der Waals surface area contributed by atoms with Gasteiger partial charge in [0.25, 0.3) is 10.0 Å². The second-order valence-corrected chi connectivity index (χ2v) is 6.60. The fourth-order valence-electron chi connectivity index (χ4n) is 2.20. The molecular formula is C12H17N3O5S. The minimum absolute atomic E-state index is 0.187. The first-order chi connectivity index (χ1) is 9.87. The van der Waals surface area contributed by atoms with E-state index in [9.17, 15) is 13.2 Å². The molecule has 0 saturated carbocycles. The fourth-order valence-corrected chi connectivity index (χ4v) is 3.70. The second kappa shape index (κ2) is 5.96. The summed E-state index contributed by atoms with van der Waals surface area (Å²) < 4.78 is 31.2. The van der Waals surface area contributed by atoms with Crippen LogP contribution in [-0.4, -0.2) is 60.8 Å². The zero-order valence-corrected chi connectivity index (χ0v) is 12.6. The fraction of sp³-hybridized carbons (Fsp3) is 0.500. The van der Waals surface area contributed by atoms with Gasteiger partial charge in [0.05, 0.1) is 6.61 Å². The average molecular weight is 315 g/mol. The summed E-state index contributed by atoms with van der Waals surface area (Å²) in [5.74, 6) is -1.31. The Kier molecular flexibility index (Phi) is 4.45. The first-order valence-corrected chi connectivity index (χ1v) is 7.77. The molecule has 1 aliphatic heterocycles. The molecule has 0 amide bonds. The Morgan fingerprint density at radius 1 is 1.57 bits per heavy atom. The van der Waals surface area contributed by atoms with Gasteiger partial charge in [-0.3, -0.25) is 5.10 Å². The highest BCUT2D eigenvalue weighted by atomic mass is 32.2. The van der Waals surface area contributed by atoms with Gasteiger partial charge in [0.1, 0.15) is 5.56 Å². The number of aromatic amines is 1. The lowest BCUT2D eigenvalue weighted by Gasteiger charge is -2.24. The number of methoxy groups -OCH3 is 1. The highest BCUT2D eigenvalue weighted by Crippen LogP contribution is 2.23. The number of aromatic carboxylic acids is 1. The summed E-state index contributed by atoms with van der Waals surface area (Å²) in [6, 6.07) is 0. The molecule has 116 valence electrons. The molecule has 1 aromatic rings. The van der Waals surface area contributed by atoms with Crippen molar-refractivity contribution in [1.82, 2.24) is 14.5 Å². The predicted molar refractivity (Wildman–Crippen MR) is 73.6 cm³/mol. The molecule has 2 heterocycles. The standard InChI is InChI=1S/C12H17N3O5S/c1-8-10(12(16)17)11(14-13-8)21(18,19)15-5-3-9(4-6-15)7-20-2/h3H,4-7H2,1-2H3,(H,13,14)(H,16,17). The number of hydrogen-bond donors (Lipinski definition) is 2. The van der Waals surface area contributed by atoms with Gasteiger partial charge in [-0.2, -0.15) is 9.40 Å². The molecule has 21 heavy (non-hydrogen) atoms. The van der Waals surface area contributed by atoms with Gasteiger partial charge in [-0.15, -0.1) is 0 Å². The predicted octanol–water partition coefficient (Wildman–Crippen LogP) is 0.384. The summed E-state index contributed by atoms with van der Waals surface area (Å²) in [5.41, 5.74) is 0.941. The number of aryl methyl sites for hydroxylation is 1. The Bertz CT molecular complexity index is 677. The van der Waals surface area contributed by atoms with E-state index in [1.54, 1.807) is 13.2 Å². The lowest BCUT2D eigenvalue weighted by Crippen LogP contribution is -2.36. The van der Waals surface area contributed by atoms with Gasteiger partial charge in [0.15, 0.2) is 0 Å². The van der Waals surface area contributed by atoms with Crippen LogP contribution < -0.4 is 0 Å². The molecule has 2 N–H and O–H groups in total. The molecule has 0 unspecified atom stereocenters. The summed E-state index contributed by atoms with van der Waals surface area (Å²) in [7, 11) is -2.35. The number of sulfonamides is 1.